The Labute approximate surface area is 140 Å². The van der Waals surface area contributed by atoms with Crippen molar-refractivity contribution in [3.63, 3.8) is 0 Å². The van der Waals surface area contributed by atoms with Gasteiger partial charge in [-0.1, -0.05) is 24.3 Å². The number of nitrogens with one attached hydrogen (secondary N) is 2. The number of carbonyl (C=O) groups excluding carboxylic acids is 1. The van der Waals surface area contributed by atoms with E-state index in [4.69, 9.17) is 0 Å². The Kier molecular flexibility index (Phi) is 4.90. The first-order valence-electron chi connectivity index (χ1n) is 8.17. The van der Waals surface area contributed by atoms with Crippen molar-refractivity contribution in [2.24, 2.45) is 0 Å². The lowest BCUT2D eigenvalue weighted by molar-refractivity contribution is -0.917. The van der Waals surface area contributed by atoms with Crippen LogP contribution in [-0.2, 0) is 11.3 Å². The summed E-state index contributed by atoms with van der Waals surface area (Å²) in [6.45, 7) is 2.45. The highest BCUT2D eigenvalue weighted by Crippen LogP contribution is 2.17. The lowest BCUT2D eigenvalue weighted by Crippen LogP contribution is -3.13. The summed E-state index contributed by atoms with van der Waals surface area (Å²) in [6, 6.07) is 11.7. The number of benzene rings is 2. The molecule has 1 aliphatic carbocycles. The van der Waals surface area contributed by atoms with Crippen LogP contribution in [0, 0.1) is 18.6 Å². The molecule has 3 rings (SSSR count). The molecule has 3 nitrogen and oxygen atoms in total. The molecule has 1 aliphatic rings. The molecule has 0 aromatic heterocycles. The molecule has 24 heavy (non-hydrogen) atoms. The molecule has 1 saturated carbocycles. The van der Waals surface area contributed by atoms with E-state index >= 15 is 0 Å². The number of hydrogen-bond donors (Lipinski definition) is 2. The third kappa shape index (κ3) is 4.17. The van der Waals surface area contributed by atoms with E-state index in [0.29, 0.717) is 18.2 Å². The fourth-order valence-electron chi connectivity index (χ4n) is 2.85. The maximum absolute atomic E-state index is 13.8. The maximum atomic E-state index is 13.8. The number of rotatable bonds is 6. The third-order valence-corrected chi connectivity index (χ3v) is 4.32. The Balaban J connectivity index is 1.65. The van der Waals surface area contributed by atoms with Crippen molar-refractivity contribution in [1.82, 2.24) is 0 Å². The van der Waals surface area contributed by atoms with Gasteiger partial charge in [0.05, 0.1) is 11.7 Å². The van der Waals surface area contributed by atoms with Crippen LogP contribution < -0.4 is 10.2 Å². The minimum Gasteiger partial charge on any atom is -0.321 e. The van der Waals surface area contributed by atoms with Crippen LogP contribution in [0.4, 0.5) is 14.5 Å². The van der Waals surface area contributed by atoms with Gasteiger partial charge in [-0.2, -0.15) is 0 Å². The van der Waals surface area contributed by atoms with Crippen molar-refractivity contribution in [3.8, 4) is 0 Å². The minimum atomic E-state index is -0.439. The van der Waals surface area contributed by atoms with Gasteiger partial charge < -0.3 is 10.2 Å². The molecule has 2 aromatic rings. The Hall–Kier alpha value is -2.27. The normalized spacial score (nSPS) is 15.1. The van der Waals surface area contributed by atoms with Crippen molar-refractivity contribution < 1.29 is 18.5 Å². The first-order valence-corrected chi connectivity index (χ1v) is 8.17. The second-order valence-corrected chi connectivity index (χ2v) is 6.41. The molecular formula is C19H21F2N2O+. The first kappa shape index (κ1) is 16.6. The highest BCUT2D eigenvalue weighted by molar-refractivity contribution is 5.91. The summed E-state index contributed by atoms with van der Waals surface area (Å²) in [4.78, 5) is 13.3. The number of hydrogen-bond acceptors (Lipinski definition) is 1. The number of carbonyl (C=O) groups is 1. The largest absolute Gasteiger partial charge is 0.321 e. The zero-order valence-electron chi connectivity index (χ0n) is 13.6. The summed E-state index contributed by atoms with van der Waals surface area (Å²) in [5.74, 6) is -0.943. The van der Waals surface area contributed by atoms with E-state index in [-0.39, 0.29) is 24.0 Å². The summed E-state index contributed by atoms with van der Waals surface area (Å²) in [5, 5.41) is 2.62. The third-order valence-electron chi connectivity index (χ3n) is 4.32. The maximum Gasteiger partial charge on any atom is 0.279 e. The Morgan fingerprint density at radius 3 is 2.58 bits per heavy atom. The zero-order valence-corrected chi connectivity index (χ0v) is 13.6. The highest BCUT2D eigenvalue weighted by atomic mass is 19.1. The summed E-state index contributed by atoms with van der Waals surface area (Å²) in [5.41, 5.74) is 1.59. The van der Waals surface area contributed by atoms with Crippen molar-refractivity contribution in [3.05, 3.63) is 65.2 Å². The topological polar surface area (TPSA) is 33.5 Å². The van der Waals surface area contributed by atoms with Crippen molar-refractivity contribution in [2.45, 2.75) is 32.4 Å². The van der Waals surface area contributed by atoms with Gasteiger partial charge in [0.2, 0.25) is 0 Å². The zero-order chi connectivity index (χ0) is 17.1. The van der Waals surface area contributed by atoms with Gasteiger partial charge in [0.25, 0.3) is 5.91 Å². The number of amides is 1. The SMILES string of the molecule is Cc1ccc(NC(=O)C[NH+](Cc2ccccc2F)C2CC2)c(F)c1. The quantitative estimate of drug-likeness (QED) is 0.838. The van der Waals surface area contributed by atoms with E-state index in [1.807, 2.05) is 0 Å². The standard InChI is InChI=1S/C19H20F2N2O/c1-13-6-9-18(17(21)10-13)22-19(24)12-23(15-7-8-15)11-14-4-2-3-5-16(14)20/h2-6,9-10,15H,7-8,11-12H2,1H3,(H,22,24)/p+1. The van der Waals surface area contributed by atoms with E-state index in [2.05, 4.69) is 5.32 Å². The van der Waals surface area contributed by atoms with Crippen LogP contribution in [-0.4, -0.2) is 18.5 Å². The van der Waals surface area contributed by atoms with Gasteiger partial charge in [0.15, 0.2) is 6.54 Å². The van der Waals surface area contributed by atoms with Crippen LogP contribution in [0.2, 0.25) is 0 Å². The molecule has 2 aromatic carbocycles. The second-order valence-electron chi connectivity index (χ2n) is 6.41. The molecular weight excluding hydrogens is 310 g/mol. The lowest BCUT2D eigenvalue weighted by Gasteiger charge is -2.19. The van der Waals surface area contributed by atoms with Crippen LogP contribution in [0.25, 0.3) is 0 Å². The van der Waals surface area contributed by atoms with Crippen LogP contribution >= 0.6 is 0 Å². The molecule has 1 fully saturated rings. The Morgan fingerprint density at radius 2 is 1.92 bits per heavy atom. The number of quaternary nitrogens is 1. The predicted octanol–water partition coefficient (Wildman–Crippen LogP) is 2.46. The Bertz CT molecular complexity index is 744. The van der Waals surface area contributed by atoms with Crippen molar-refractivity contribution in [1.29, 1.82) is 0 Å². The van der Waals surface area contributed by atoms with E-state index in [1.165, 1.54) is 12.1 Å². The second kappa shape index (κ2) is 7.09. The number of aryl methyl sites for hydroxylation is 1. The fourth-order valence-corrected chi connectivity index (χ4v) is 2.85. The van der Waals surface area contributed by atoms with E-state index in [0.717, 1.165) is 23.3 Å². The smallest absolute Gasteiger partial charge is 0.279 e. The summed E-state index contributed by atoms with van der Waals surface area (Å²) < 4.78 is 27.7. The molecule has 0 heterocycles. The van der Waals surface area contributed by atoms with Gasteiger partial charge in [-0.15, -0.1) is 0 Å². The molecule has 0 bridgehead atoms. The van der Waals surface area contributed by atoms with Gasteiger partial charge in [-0.05, 0) is 30.7 Å². The van der Waals surface area contributed by atoms with Gasteiger partial charge in [0, 0.05) is 18.4 Å². The van der Waals surface area contributed by atoms with E-state index in [1.54, 1.807) is 37.3 Å². The molecule has 0 saturated heterocycles. The summed E-state index contributed by atoms with van der Waals surface area (Å²) in [7, 11) is 0. The minimum absolute atomic E-state index is 0.187. The van der Waals surface area contributed by atoms with Crippen molar-refractivity contribution in [2.75, 3.05) is 11.9 Å². The molecule has 1 unspecified atom stereocenters. The molecule has 0 spiro atoms. The van der Waals surface area contributed by atoms with Gasteiger partial charge in [-0.3, -0.25) is 4.79 Å². The molecule has 5 heteroatoms. The molecule has 0 radical (unpaired) electrons. The van der Waals surface area contributed by atoms with Crippen molar-refractivity contribution >= 4 is 11.6 Å². The van der Waals surface area contributed by atoms with Gasteiger partial charge >= 0.3 is 0 Å². The first-order chi connectivity index (χ1) is 11.5. The molecule has 126 valence electrons. The van der Waals surface area contributed by atoms with Crippen LogP contribution in [0.3, 0.4) is 0 Å². The molecule has 1 amide bonds. The summed E-state index contributed by atoms with van der Waals surface area (Å²) in [6.07, 6.45) is 2.08. The predicted molar refractivity (Wildman–Crippen MR) is 88.7 cm³/mol. The molecule has 2 N–H and O–H groups in total. The number of anilines is 1. The van der Waals surface area contributed by atoms with E-state index in [9.17, 15) is 13.6 Å². The number of halogens is 2. The average Bonchev–Trinajstić information content (AvgIpc) is 3.36. The lowest BCUT2D eigenvalue weighted by atomic mass is 10.2. The van der Waals surface area contributed by atoms with Crippen LogP contribution in [0.5, 0.6) is 0 Å². The Morgan fingerprint density at radius 1 is 1.17 bits per heavy atom. The fraction of sp³-hybridized carbons (Fsp3) is 0.316. The van der Waals surface area contributed by atoms with Crippen LogP contribution in [0.15, 0.2) is 42.5 Å². The molecule has 0 aliphatic heterocycles. The molecule has 1 atom stereocenters. The van der Waals surface area contributed by atoms with E-state index < -0.39 is 5.82 Å². The monoisotopic (exact) mass is 331 g/mol. The highest BCUT2D eigenvalue weighted by Gasteiger charge is 2.35. The van der Waals surface area contributed by atoms with Gasteiger partial charge in [0.1, 0.15) is 18.2 Å². The summed E-state index contributed by atoms with van der Waals surface area (Å²) >= 11 is 0. The average molecular weight is 331 g/mol. The van der Waals surface area contributed by atoms with Gasteiger partial charge in [-0.25, -0.2) is 8.78 Å². The van der Waals surface area contributed by atoms with Crippen LogP contribution in [0.1, 0.15) is 24.0 Å².